The number of rotatable bonds is 2. The van der Waals surface area contributed by atoms with Crippen molar-refractivity contribution >= 4 is 5.95 Å². The zero-order valence-corrected chi connectivity index (χ0v) is 7.99. The van der Waals surface area contributed by atoms with E-state index in [1.54, 1.807) is 23.3 Å². The summed E-state index contributed by atoms with van der Waals surface area (Å²) in [6, 6.07) is 1.78. The molecular weight excluding hydrogens is 180 g/mol. The highest BCUT2D eigenvalue weighted by Crippen LogP contribution is 2.05. The maximum Gasteiger partial charge on any atom is 0.226 e. The van der Waals surface area contributed by atoms with Gasteiger partial charge in [0.1, 0.15) is 12.7 Å². The zero-order valence-electron chi connectivity index (χ0n) is 7.99. The maximum atomic E-state index is 4.29. The van der Waals surface area contributed by atoms with Gasteiger partial charge in [-0.05, 0) is 0 Å². The molecule has 0 aliphatic heterocycles. The van der Waals surface area contributed by atoms with Crippen molar-refractivity contribution in [3.8, 4) is 5.82 Å². The Hall–Kier alpha value is -1.98. The lowest BCUT2D eigenvalue weighted by molar-refractivity contribution is 0.830. The van der Waals surface area contributed by atoms with Crippen LogP contribution in [0.3, 0.4) is 0 Å². The van der Waals surface area contributed by atoms with E-state index in [2.05, 4.69) is 20.1 Å². The molecule has 2 aromatic rings. The zero-order chi connectivity index (χ0) is 9.97. The van der Waals surface area contributed by atoms with E-state index in [0.717, 1.165) is 0 Å². The Balaban J connectivity index is 2.41. The number of hydrogen-bond donors (Lipinski definition) is 0. The van der Waals surface area contributed by atoms with E-state index < -0.39 is 0 Å². The first kappa shape index (κ1) is 8.61. The first-order valence-electron chi connectivity index (χ1n) is 4.13. The topological polar surface area (TPSA) is 59.7 Å². The molecule has 0 aliphatic carbocycles. The average Bonchev–Trinajstić information content (AvgIpc) is 2.71. The molecule has 2 aromatic heterocycles. The van der Waals surface area contributed by atoms with Crippen LogP contribution in [-0.2, 0) is 0 Å². The Morgan fingerprint density at radius 3 is 2.86 bits per heavy atom. The molecule has 0 atom stereocenters. The van der Waals surface area contributed by atoms with Crippen LogP contribution in [0, 0.1) is 0 Å². The molecule has 0 saturated carbocycles. The Morgan fingerprint density at radius 1 is 1.36 bits per heavy atom. The Labute approximate surface area is 81.2 Å². The smallest absolute Gasteiger partial charge is 0.226 e. The molecule has 0 unspecified atom stereocenters. The summed E-state index contributed by atoms with van der Waals surface area (Å²) in [6.07, 6.45) is 4.76. The maximum absolute atomic E-state index is 4.29. The van der Waals surface area contributed by atoms with Crippen LogP contribution in [0.2, 0.25) is 0 Å². The van der Waals surface area contributed by atoms with Gasteiger partial charge in [-0.2, -0.15) is 10.1 Å². The fourth-order valence-corrected chi connectivity index (χ4v) is 1.01. The second-order valence-electron chi connectivity index (χ2n) is 2.95. The predicted molar refractivity (Wildman–Crippen MR) is 51.3 cm³/mol. The van der Waals surface area contributed by atoms with Crippen molar-refractivity contribution in [3.63, 3.8) is 0 Å². The molecule has 0 radical (unpaired) electrons. The first-order chi connectivity index (χ1) is 6.77. The van der Waals surface area contributed by atoms with Gasteiger partial charge in [-0.15, -0.1) is 0 Å². The molecule has 0 amide bonds. The van der Waals surface area contributed by atoms with Crippen LogP contribution in [0.1, 0.15) is 0 Å². The van der Waals surface area contributed by atoms with Crippen molar-refractivity contribution in [1.29, 1.82) is 0 Å². The molecule has 0 bridgehead atoms. The van der Waals surface area contributed by atoms with E-state index in [0.29, 0.717) is 11.8 Å². The monoisotopic (exact) mass is 190 g/mol. The lowest BCUT2D eigenvalue weighted by atomic mass is 10.6. The summed E-state index contributed by atoms with van der Waals surface area (Å²) < 4.78 is 1.59. The minimum Gasteiger partial charge on any atom is -0.347 e. The van der Waals surface area contributed by atoms with Gasteiger partial charge in [0.2, 0.25) is 5.95 Å². The van der Waals surface area contributed by atoms with Gasteiger partial charge in [0, 0.05) is 26.4 Å². The van der Waals surface area contributed by atoms with Crippen molar-refractivity contribution in [2.45, 2.75) is 0 Å². The molecule has 6 nitrogen and oxygen atoms in total. The lowest BCUT2D eigenvalue weighted by Gasteiger charge is -2.09. The average molecular weight is 190 g/mol. The SMILES string of the molecule is CN(C)c1nccc(-n2cncn2)n1. The molecule has 14 heavy (non-hydrogen) atoms. The number of anilines is 1. The van der Waals surface area contributed by atoms with Crippen LogP contribution in [0.15, 0.2) is 24.9 Å². The third kappa shape index (κ3) is 1.54. The minimum atomic E-state index is 0.651. The summed E-state index contributed by atoms with van der Waals surface area (Å²) in [5.41, 5.74) is 0. The molecule has 2 heterocycles. The van der Waals surface area contributed by atoms with Crippen LogP contribution in [0.4, 0.5) is 5.95 Å². The number of nitrogens with zero attached hydrogens (tertiary/aromatic N) is 6. The third-order valence-electron chi connectivity index (χ3n) is 1.68. The van der Waals surface area contributed by atoms with Crippen LogP contribution < -0.4 is 4.90 Å². The van der Waals surface area contributed by atoms with Gasteiger partial charge < -0.3 is 4.90 Å². The molecule has 0 aliphatic rings. The van der Waals surface area contributed by atoms with E-state index in [4.69, 9.17) is 0 Å². The highest BCUT2D eigenvalue weighted by Gasteiger charge is 2.02. The minimum absolute atomic E-state index is 0.651. The van der Waals surface area contributed by atoms with Crippen LogP contribution >= 0.6 is 0 Å². The van der Waals surface area contributed by atoms with Crippen LogP contribution in [0.5, 0.6) is 0 Å². The highest BCUT2D eigenvalue weighted by molar-refractivity contribution is 5.32. The fraction of sp³-hybridized carbons (Fsp3) is 0.250. The summed E-state index contributed by atoms with van der Waals surface area (Å²) >= 11 is 0. The van der Waals surface area contributed by atoms with Crippen LogP contribution in [0.25, 0.3) is 5.82 Å². The van der Waals surface area contributed by atoms with Crippen molar-refractivity contribution < 1.29 is 0 Å². The van der Waals surface area contributed by atoms with E-state index in [-0.39, 0.29) is 0 Å². The summed E-state index contributed by atoms with van der Waals surface area (Å²) in [4.78, 5) is 14.1. The van der Waals surface area contributed by atoms with Crippen molar-refractivity contribution in [2.24, 2.45) is 0 Å². The van der Waals surface area contributed by atoms with Crippen LogP contribution in [-0.4, -0.2) is 38.8 Å². The summed E-state index contributed by atoms with van der Waals surface area (Å²) in [6.45, 7) is 0. The van der Waals surface area contributed by atoms with E-state index >= 15 is 0 Å². The van der Waals surface area contributed by atoms with Gasteiger partial charge in [0.15, 0.2) is 5.82 Å². The van der Waals surface area contributed by atoms with Gasteiger partial charge in [-0.25, -0.2) is 14.6 Å². The molecule has 0 saturated heterocycles. The van der Waals surface area contributed by atoms with E-state index in [1.165, 1.54) is 6.33 Å². The van der Waals surface area contributed by atoms with Crippen molar-refractivity contribution in [1.82, 2.24) is 24.7 Å². The van der Waals surface area contributed by atoms with Gasteiger partial charge in [-0.3, -0.25) is 0 Å². The molecule has 72 valence electrons. The number of hydrogen-bond acceptors (Lipinski definition) is 5. The summed E-state index contributed by atoms with van der Waals surface area (Å²) in [5, 5.41) is 3.98. The summed E-state index contributed by atoms with van der Waals surface area (Å²) in [7, 11) is 3.78. The first-order valence-corrected chi connectivity index (χ1v) is 4.13. The quantitative estimate of drug-likeness (QED) is 0.673. The standard InChI is InChI=1S/C8H10N6/c1-13(2)8-10-4-3-7(12-8)14-6-9-5-11-14/h3-6H,1-2H3. The van der Waals surface area contributed by atoms with E-state index in [9.17, 15) is 0 Å². The molecule has 6 heteroatoms. The molecule has 2 rings (SSSR count). The number of aromatic nitrogens is 5. The Bertz CT molecular complexity index is 408. The Morgan fingerprint density at radius 2 is 2.21 bits per heavy atom. The molecular formula is C8H10N6. The normalized spacial score (nSPS) is 10.1. The largest absolute Gasteiger partial charge is 0.347 e. The second-order valence-corrected chi connectivity index (χ2v) is 2.95. The van der Waals surface area contributed by atoms with Crippen molar-refractivity contribution in [2.75, 3.05) is 19.0 Å². The predicted octanol–water partition coefficient (Wildman–Crippen LogP) is 0.123. The Kier molecular flexibility index (Phi) is 2.10. The molecule has 0 spiro atoms. The van der Waals surface area contributed by atoms with Gasteiger partial charge in [-0.1, -0.05) is 0 Å². The van der Waals surface area contributed by atoms with Gasteiger partial charge >= 0.3 is 0 Å². The highest BCUT2D eigenvalue weighted by atomic mass is 15.4. The van der Waals surface area contributed by atoms with Crippen molar-refractivity contribution in [3.05, 3.63) is 24.9 Å². The third-order valence-corrected chi connectivity index (χ3v) is 1.68. The molecule has 0 N–H and O–H groups in total. The fourth-order valence-electron chi connectivity index (χ4n) is 1.01. The summed E-state index contributed by atoms with van der Waals surface area (Å²) in [5.74, 6) is 1.36. The molecule has 0 fully saturated rings. The molecule has 0 aromatic carbocycles. The van der Waals surface area contributed by atoms with E-state index in [1.807, 2.05) is 19.0 Å². The van der Waals surface area contributed by atoms with Gasteiger partial charge in [0.25, 0.3) is 0 Å². The lowest BCUT2D eigenvalue weighted by Crippen LogP contribution is -2.13. The van der Waals surface area contributed by atoms with Gasteiger partial charge in [0.05, 0.1) is 0 Å². The second kappa shape index (κ2) is 3.41.